The topological polar surface area (TPSA) is 50.2 Å². The molecule has 1 N–H and O–H groups in total. The Morgan fingerprint density at radius 1 is 0.974 bits per heavy atom. The van der Waals surface area contributed by atoms with E-state index >= 15 is 0 Å². The van der Waals surface area contributed by atoms with Crippen molar-refractivity contribution in [3.63, 3.8) is 0 Å². The van der Waals surface area contributed by atoms with Crippen molar-refractivity contribution in [3.05, 3.63) is 84.3 Å². The fourth-order valence-electron chi connectivity index (χ4n) is 4.66. The van der Waals surface area contributed by atoms with Crippen molar-refractivity contribution in [3.8, 4) is 11.3 Å². The molecule has 2 heterocycles. The molecular formula is C33H36GeIrNO2S-. The Kier molecular flexibility index (Phi) is 9.65. The van der Waals surface area contributed by atoms with Gasteiger partial charge in [0, 0.05) is 26.2 Å². The Labute approximate surface area is 252 Å². The summed E-state index contributed by atoms with van der Waals surface area (Å²) in [6.07, 6.45) is 3.12. The number of carbonyl (C=O) groups excluding carboxylic acids is 1. The van der Waals surface area contributed by atoms with Gasteiger partial charge in [0.2, 0.25) is 0 Å². The van der Waals surface area contributed by atoms with Crippen LogP contribution in [0.4, 0.5) is 0 Å². The molecule has 0 bridgehead atoms. The number of carbonyl (C=O) groups is 1. The molecule has 6 heteroatoms. The van der Waals surface area contributed by atoms with E-state index in [0.717, 1.165) is 16.6 Å². The zero-order valence-electron chi connectivity index (χ0n) is 23.9. The predicted molar refractivity (Wildman–Crippen MR) is 168 cm³/mol. The van der Waals surface area contributed by atoms with Crippen LogP contribution in [0.25, 0.3) is 42.2 Å². The molecule has 0 saturated heterocycles. The summed E-state index contributed by atoms with van der Waals surface area (Å²) in [5.41, 5.74) is 3.52. The minimum absolute atomic E-state index is 0. The number of aliphatic hydroxyl groups excluding tert-OH is 1. The molecule has 0 spiro atoms. The van der Waals surface area contributed by atoms with E-state index in [9.17, 15) is 4.79 Å². The second-order valence-electron chi connectivity index (χ2n) is 11.9. The maximum atomic E-state index is 10.0. The van der Waals surface area contributed by atoms with E-state index in [4.69, 9.17) is 10.1 Å². The third-order valence-corrected chi connectivity index (χ3v) is 11.9. The fraction of sp³-hybridized carbons (Fsp3) is 0.273. The van der Waals surface area contributed by atoms with Gasteiger partial charge in [0.05, 0.1) is 5.76 Å². The Morgan fingerprint density at radius 3 is 2.26 bits per heavy atom. The van der Waals surface area contributed by atoms with Crippen molar-refractivity contribution in [1.82, 2.24) is 4.98 Å². The number of allylic oxidation sites excluding steroid dienone is 2. The van der Waals surface area contributed by atoms with Gasteiger partial charge in [-0.25, -0.2) is 0 Å². The summed E-state index contributed by atoms with van der Waals surface area (Å²) in [6, 6.07) is 23.9. The third-order valence-electron chi connectivity index (χ3n) is 6.50. The first kappa shape index (κ1) is 31.2. The number of rotatable bonds is 3. The maximum Gasteiger partial charge on any atom is 0 e. The van der Waals surface area contributed by atoms with Gasteiger partial charge < -0.3 is 5.11 Å². The van der Waals surface area contributed by atoms with Crippen molar-refractivity contribution in [2.75, 3.05) is 0 Å². The Bertz CT molecular complexity index is 1690. The molecule has 0 fully saturated rings. The van der Waals surface area contributed by atoms with Gasteiger partial charge in [-0.05, 0) is 13.8 Å². The second kappa shape index (κ2) is 12.1. The van der Waals surface area contributed by atoms with Crippen molar-refractivity contribution in [2.24, 2.45) is 0 Å². The first-order valence-corrected chi connectivity index (χ1v) is 21.1. The van der Waals surface area contributed by atoms with Gasteiger partial charge in [-0.15, -0.1) is 0 Å². The average molecular weight is 776 g/mol. The Morgan fingerprint density at radius 2 is 1.67 bits per heavy atom. The molecular weight excluding hydrogens is 739 g/mol. The number of hydrogen-bond acceptors (Lipinski definition) is 4. The van der Waals surface area contributed by atoms with Gasteiger partial charge in [0.25, 0.3) is 0 Å². The standard InChI is InChI=1S/C28H28GeNS.C5H8O2.Ir/c1-28(2,3)23-16-19(15-18-9-7-8-10-21(18)23)27-26-22-12-11-20(29(4,5)6)17-25(22)31-24(26)13-14-30-27;1-4(6)3-5(2)7;/h7-14,16-17H,1-6H3;3,6H,1-2H3;/q-1;;/b;4-3-;. The zero-order chi connectivity index (χ0) is 27.8. The number of pyridine rings is 1. The number of fused-ring (bicyclic) bond motifs is 4. The van der Waals surface area contributed by atoms with Crippen LogP contribution < -0.4 is 4.40 Å². The monoisotopic (exact) mass is 777 g/mol. The van der Waals surface area contributed by atoms with Crippen molar-refractivity contribution in [2.45, 2.75) is 57.3 Å². The van der Waals surface area contributed by atoms with Gasteiger partial charge in [-0.2, -0.15) is 0 Å². The largest absolute Gasteiger partial charge is 0 e. The van der Waals surface area contributed by atoms with Crippen LogP contribution in [0.3, 0.4) is 0 Å². The van der Waals surface area contributed by atoms with Crippen LogP contribution in [0.15, 0.2) is 72.6 Å². The van der Waals surface area contributed by atoms with Gasteiger partial charge in [-0.1, -0.05) is 0 Å². The average Bonchev–Trinajstić information content (AvgIpc) is 3.20. The van der Waals surface area contributed by atoms with Crippen LogP contribution in [-0.2, 0) is 30.3 Å². The third kappa shape index (κ3) is 7.07. The molecule has 205 valence electrons. The molecule has 0 aliphatic carbocycles. The minimum atomic E-state index is -1.87. The van der Waals surface area contributed by atoms with E-state index in [1.807, 2.05) is 17.5 Å². The Hall–Kier alpha value is -2.31. The van der Waals surface area contributed by atoms with Crippen LogP contribution in [0.2, 0.25) is 17.3 Å². The molecule has 3 aromatic carbocycles. The van der Waals surface area contributed by atoms with Crippen molar-refractivity contribution in [1.29, 1.82) is 0 Å². The van der Waals surface area contributed by atoms with Crippen LogP contribution in [0, 0.1) is 6.07 Å². The van der Waals surface area contributed by atoms with Crippen molar-refractivity contribution < 1.29 is 30.0 Å². The molecule has 5 rings (SSSR count). The number of hydrogen-bond donors (Lipinski definition) is 1. The van der Waals surface area contributed by atoms with E-state index in [1.165, 1.54) is 51.0 Å². The number of thiophene rings is 1. The zero-order valence-corrected chi connectivity index (χ0v) is 29.2. The number of aromatic nitrogens is 1. The van der Waals surface area contributed by atoms with E-state index in [1.54, 1.807) is 4.40 Å². The number of nitrogens with zero attached hydrogens (tertiary/aromatic N) is 1. The van der Waals surface area contributed by atoms with E-state index in [0.29, 0.717) is 0 Å². The quantitative estimate of drug-likeness (QED) is 0.0863. The molecule has 39 heavy (non-hydrogen) atoms. The van der Waals surface area contributed by atoms with Gasteiger partial charge in [-0.3, -0.25) is 4.79 Å². The van der Waals surface area contributed by atoms with Gasteiger partial charge in [0.15, 0.2) is 5.78 Å². The molecule has 0 aliphatic rings. The summed E-state index contributed by atoms with van der Waals surface area (Å²) < 4.78 is 4.23. The van der Waals surface area contributed by atoms with Gasteiger partial charge in [0.1, 0.15) is 0 Å². The minimum Gasteiger partial charge on any atom is 0 e. The fourth-order valence-corrected chi connectivity index (χ4v) is 8.46. The Balaban J connectivity index is 0.000000468. The van der Waals surface area contributed by atoms with Crippen LogP contribution >= 0.6 is 11.3 Å². The first-order chi connectivity index (χ1) is 17.8. The molecule has 3 nitrogen and oxygen atoms in total. The van der Waals surface area contributed by atoms with E-state index in [-0.39, 0.29) is 37.1 Å². The summed E-state index contributed by atoms with van der Waals surface area (Å²) in [5.74, 6) is 7.31. The van der Waals surface area contributed by atoms with Gasteiger partial charge >= 0.3 is 192 Å². The van der Waals surface area contributed by atoms with E-state index < -0.39 is 13.3 Å². The number of aliphatic hydroxyl groups is 1. The summed E-state index contributed by atoms with van der Waals surface area (Å²) in [5, 5.41) is 13.4. The number of ketones is 1. The van der Waals surface area contributed by atoms with E-state index in [2.05, 4.69) is 98.7 Å². The molecule has 5 aromatic rings. The summed E-state index contributed by atoms with van der Waals surface area (Å²) in [4.78, 5) is 14.9. The SMILES string of the molecule is CC(=O)/C=C(/C)O.CC(C)(C)c1cc(-c2nccc3sc4c[c]([Ge]([CH3])([CH3])[CH3])ccc4c23)[c-]c2ccccc12.[Ir]. The number of benzene rings is 3. The van der Waals surface area contributed by atoms with Crippen LogP contribution in [0.1, 0.15) is 40.2 Å². The van der Waals surface area contributed by atoms with Crippen LogP contribution in [0.5, 0.6) is 0 Å². The summed E-state index contributed by atoms with van der Waals surface area (Å²) in [7, 11) is 0. The molecule has 2 aromatic heterocycles. The molecule has 0 aliphatic heterocycles. The molecule has 0 amide bonds. The first-order valence-electron chi connectivity index (χ1n) is 12.9. The second-order valence-corrected chi connectivity index (χ2v) is 23.6. The normalized spacial score (nSPS) is 12.3. The molecule has 0 unspecified atom stereocenters. The van der Waals surface area contributed by atoms with Crippen LogP contribution in [-0.4, -0.2) is 29.1 Å². The smallest absolute Gasteiger partial charge is 0 e. The van der Waals surface area contributed by atoms with Crippen molar-refractivity contribution >= 4 is 65.7 Å². The molecule has 1 radical (unpaired) electrons. The maximum absolute atomic E-state index is 10.0. The summed E-state index contributed by atoms with van der Waals surface area (Å²) >= 11 is 0.0179. The molecule has 0 atom stereocenters. The summed E-state index contributed by atoms with van der Waals surface area (Å²) in [6.45, 7) is 9.70. The predicted octanol–water partition coefficient (Wildman–Crippen LogP) is 8.95. The molecule has 0 saturated carbocycles.